The molecule has 0 aliphatic rings. The molecular formula is C16H15FN2O3. The van der Waals surface area contributed by atoms with E-state index in [0.29, 0.717) is 6.42 Å². The van der Waals surface area contributed by atoms with E-state index < -0.39 is 22.3 Å². The largest absolute Gasteiger partial charge is 0.345 e. The molecule has 6 heteroatoms. The molecule has 1 amide bonds. The zero-order valence-corrected chi connectivity index (χ0v) is 12.0. The average molecular weight is 302 g/mol. The molecule has 5 nitrogen and oxygen atoms in total. The number of benzene rings is 2. The van der Waals surface area contributed by atoms with Crippen LogP contribution in [-0.2, 0) is 0 Å². The number of hydrogen-bond acceptors (Lipinski definition) is 3. The van der Waals surface area contributed by atoms with E-state index in [9.17, 15) is 19.3 Å². The van der Waals surface area contributed by atoms with Gasteiger partial charge in [0.2, 0.25) is 5.82 Å². The molecule has 0 spiro atoms. The van der Waals surface area contributed by atoms with Crippen LogP contribution in [0.25, 0.3) is 0 Å². The topological polar surface area (TPSA) is 72.2 Å². The van der Waals surface area contributed by atoms with Gasteiger partial charge in [0.25, 0.3) is 5.91 Å². The van der Waals surface area contributed by atoms with E-state index in [2.05, 4.69) is 5.32 Å². The van der Waals surface area contributed by atoms with Gasteiger partial charge in [-0.1, -0.05) is 37.3 Å². The summed E-state index contributed by atoms with van der Waals surface area (Å²) in [5.41, 5.74) is 0.290. The van der Waals surface area contributed by atoms with Crippen LogP contribution >= 0.6 is 0 Å². The zero-order chi connectivity index (χ0) is 16.1. The van der Waals surface area contributed by atoms with E-state index in [4.69, 9.17) is 0 Å². The highest BCUT2D eigenvalue weighted by atomic mass is 19.1. The summed E-state index contributed by atoms with van der Waals surface area (Å²) >= 11 is 0. The summed E-state index contributed by atoms with van der Waals surface area (Å²) in [6.07, 6.45) is 0.666. The van der Waals surface area contributed by atoms with Crippen molar-refractivity contribution in [3.05, 3.63) is 75.6 Å². The molecule has 114 valence electrons. The summed E-state index contributed by atoms with van der Waals surface area (Å²) in [6, 6.07) is 12.3. The fourth-order valence-corrected chi connectivity index (χ4v) is 2.14. The first kappa shape index (κ1) is 15.6. The van der Waals surface area contributed by atoms with Crippen molar-refractivity contribution in [1.29, 1.82) is 0 Å². The van der Waals surface area contributed by atoms with E-state index in [1.165, 1.54) is 6.07 Å². The van der Waals surface area contributed by atoms with Crippen LogP contribution in [0.5, 0.6) is 0 Å². The van der Waals surface area contributed by atoms with E-state index in [1.807, 2.05) is 37.3 Å². The summed E-state index contributed by atoms with van der Waals surface area (Å²) < 4.78 is 13.3. The summed E-state index contributed by atoms with van der Waals surface area (Å²) in [5.74, 6) is -1.43. The number of nitrogens with zero attached hydrogens (tertiary/aromatic N) is 1. The first-order chi connectivity index (χ1) is 10.5. The van der Waals surface area contributed by atoms with Gasteiger partial charge >= 0.3 is 5.69 Å². The third-order valence-corrected chi connectivity index (χ3v) is 3.32. The van der Waals surface area contributed by atoms with Crippen molar-refractivity contribution in [2.75, 3.05) is 0 Å². The third-order valence-electron chi connectivity index (χ3n) is 3.32. The molecule has 1 atom stereocenters. The van der Waals surface area contributed by atoms with Crippen LogP contribution in [0, 0.1) is 15.9 Å². The summed E-state index contributed by atoms with van der Waals surface area (Å²) in [5, 5.41) is 13.5. The van der Waals surface area contributed by atoms with Gasteiger partial charge in [-0.3, -0.25) is 14.9 Å². The van der Waals surface area contributed by atoms with Crippen molar-refractivity contribution < 1.29 is 14.1 Å². The van der Waals surface area contributed by atoms with Crippen molar-refractivity contribution in [1.82, 2.24) is 5.32 Å². The Morgan fingerprint density at radius 3 is 2.55 bits per heavy atom. The van der Waals surface area contributed by atoms with Gasteiger partial charge in [0.05, 0.1) is 11.0 Å². The van der Waals surface area contributed by atoms with E-state index >= 15 is 0 Å². The summed E-state index contributed by atoms with van der Waals surface area (Å²) in [6.45, 7) is 1.92. The fraction of sp³-hybridized carbons (Fsp3) is 0.188. The molecule has 0 bridgehead atoms. The molecule has 0 aliphatic carbocycles. The maximum absolute atomic E-state index is 13.3. The van der Waals surface area contributed by atoms with Crippen molar-refractivity contribution in [3.63, 3.8) is 0 Å². The highest BCUT2D eigenvalue weighted by molar-refractivity contribution is 5.95. The Labute approximate surface area is 126 Å². The van der Waals surface area contributed by atoms with Crippen molar-refractivity contribution in [2.24, 2.45) is 0 Å². The first-order valence-electron chi connectivity index (χ1n) is 6.82. The Morgan fingerprint density at radius 1 is 1.27 bits per heavy atom. The summed E-state index contributed by atoms with van der Waals surface area (Å²) in [4.78, 5) is 22.1. The molecule has 22 heavy (non-hydrogen) atoms. The molecule has 2 aromatic rings. The second kappa shape index (κ2) is 6.80. The number of hydrogen-bond donors (Lipinski definition) is 1. The maximum Gasteiger partial charge on any atom is 0.305 e. The highest BCUT2D eigenvalue weighted by Crippen LogP contribution is 2.20. The standard InChI is InChI=1S/C16H15FN2O3/c1-2-14(11-6-4-3-5-7-11)18-16(20)12-8-9-13(17)15(10-12)19(21)22/h3-10,14H,2H2,1H3,(H,18,20)/t14-/m1/s1. The Balaban J connectivity index is 2.21. The fourth-order valence-electron chi connectivity index (χ4n) is 2.14. The van der Waals surface area contributed by atoms with Crippen LogP contribution in [0.3, 0.4) is 0 Å². The quantitative estimate of drug-likeness (QED) is 0.677. The molecule has 1 N–H and O–H groups in total. The van der Waals surface area contributed by atoms with Gasteiger partial charge < -0.3 is 5.32 Å². The monoisotopic (exact) mass is 302 g/mol. The molecule has 0 unspecified atom stereocenters. The SMILES string of the molecule is CC[C@@H](NC(=O)c1ccc(F)c([N+](=O)[O-])c1)c1ccccc1. The lowest BCUT2D eigenvalue weighted by molar-refractivity contribution is -0.387. The van der Waals surface area contributed by atoms with Crippen LogP contribution in [0.4, 0.5) is 10.1 Å². The second-order valence-corrected chi connectivity index (χ2v) is 4.77. The Hall–Kier alpha value is -2.76. The molecule has 2 rings (SSSR count). The van der Waals surface area contributed by atoms with Gasteiger partial charge in [0.15, 0.2) is 0 Å². The molecule has 0 saturated carbocycles. The van der Waals surface area contributed by atoms with Crippen molar-refractivity contribution >= 4 is 11.6 Å². The number of nitro benzene ring substituents is 1. The Bertz CT molecular complexity index is 689. The zero-order valence-electron chi connectivity index (χ0n) is 12.0. The molecule has 0 aliphatic heterocycles. The van der Waals surface area contributed by atoms with Gasteiger partial charge in [-0.2, -0.15) is 4.39 Å². The Morgan fingerprint density at radius 2 is 1.95 bits per heavy atom. The maximum atomic E-state index is 13.3. The lowest BCUT2D eigenvalue weighted by atomic mass is 10.0. The van der Waals surface area contributed by atoms with Crippen LogP contribution in [-0.4, -0.2) is 10.8 Å². The number of carbonyl (C=O) groups is 1. The second-order valence-electron chi connectivity index (χ2n) is 4.77. The lowest BCUT2D eigenvalue weighted by Crippen LogP contribution is -2.28. The molecular weight excluding hydrogens is 287 g/mol. The molecule has 0 radical (unpaired) electrons. The smallest absolute Gasteiger partial charge is 0.305 e. The van der Waals surface area contributed by atoms with Crippen molar-refractivity contribution in [2.45, 2.75) is 19.4 Å². The van der Waals surface area contributed by atoms with Crippen molar-refractivity contribution in [3.8, 4) is 0 Å². The third kappa shape index (κ3) is 3.46. The van der Waals surface area contributed by atoms with Gasteiger partial charge in [0, 0.05) is 11.6 Å². The van der Waals surface area contributed by atoms with Crippen LogP contribution in [0.1, 0.15) is 35.3 Å². The van der Waals surface area contributed by atoms with Gasteiger partial charge in [-0.25, -0.2) is 0 Å². The Kier molecular flexibility index (Phi) is 4.83. The number of amides is 1. The minimum atomic E-state index is -0.961. The normalized spacial score (nSPS) is 11.7. The van der Waals surface area contributed by atoms with Gasteiger partial charge in [-0.15, -0.1) is 0 Å². The summed E-state index contributed by atoms with van der Waals surface area (Å²) in [7, 11) is 0. The molecule has 0 aromatic heterocycles. The van der Waals surface area contributed by atoms with Crippen LogP contribution in [0.2, 0.25) is 0 Å². The van der Waals surface area contributed by atoms with Gasteiger partial charge in [0.1, 0.15) is 0 Å². The minimum Gasteiger partial charge on any atom is -0.345 e. The minimum absolute atomic E-state index is 0.0579. The predicted octanol–water partition coefficient (Wildman–Crippen LogP) is 3.62. The predicted molar refractivity (Wildman–Crippen MR) is 80.0 cm³/mol. The lowest BCUT2D eigenvalue weighted by Gasteiger charge is -2.17. The molecule has 0 fully saturated rings. The number of halogens is 1. The highest BCUT2D eigenvalue weighted by Gasteiger charge is 2.19. The average Bonchev–Trinajstić information content (AvgIpc) is 2.53. The molecule has 0 heterocycles. The van der Waals surface area contributed by atoms with Crippen LogP contribution in [0.15, 0.2) is 48.5 Å². The molecule has 0 saturated heterocycles. The number of nitrogens with one attached hydrogen (secondary N) is 1. The number of carbonyl (C=O) groups excluding carboxylic acids is 1. The van der Waals surface area contributed by atoms with Gasteiger partial charge in [-0.05, 0) is 24.1 Å². The first-order valence-corrected chi connectivity index (χ1v) is 6.82. The van der Waals surface area contributed by atoms with E-state index in [1.54, 1.807) is 0 Å². The van der Waals surface area contributed by atoms with Crippen LogP contribution < -0.4 is 5.32 Å². The molecule has 2 aromatic carbocycles. The van der Waals surface area contributed by atoms with E-state index in [-0.39, 0.29) is 11.6 Å². The van der Waals surface area contributed by atoms with E-state index in [0.717, 1.165) is 17.7 Å². The number of rotatable bonds is 5. The number of nitro groups is 1.